The number of hydrogen-bond donors (Lipinski definition) is 1. The zero-order valence-corrected chi connectivity index (χ0v) is 6.70. The van der Waals surface area contributed by atoms with Crippen LogP contribution in [0.25, 0.3) is 0 Å². The molecule has 1 N–H and O–H groups in total. The van der Waals surface area contributed by atoms with E-state index in [4.69, 9.17) is 10.4 Å². The Balaban J connectivity index is 3.22. The molecule has 0 bridgehead atoms. The normalized spacial score (nSPS) is 15.7. The largest absolute Gasteiger partial charge is 0.378 e. The number of nitrogens with zero attached hydrogens (tertiary/aromatic N) is 1. The summed E-state index contributed by atoms with van der Waals surface area (Å²) in [5, 5.41) is 16.7. The molecule has 10 heavy (non-hydrogen) atoms. The van der Waals surface area contributed by atoms with E-state index in [9.17, 15) is 4.57 Å². The zero-order valence-electron chi connectivity index (χ0n) is 5.70. The minimum absolute atomic E-state index is 0.184. The summed E-state index contributed by atoms with van der Waals surface area (Å²) >= 11 is 0. The van der Waals surface area contributed by atoms with E-state index < -0.39 is 14.1 Å². The van der Waals surface area contributed by atoms with Crippen LogP contribution in [0.15, 0.2) is 0 Å². The van der Waals surface area contributed by atoms with Crippen molar-refractivity contribution >= 4 is 8.03 Å². The van der Waals surface area contributed by atoms with Gasteiger partial charge in [0.05, 0.1) is 12.7 Å². The van der Waals surface area contributed by atoms with Crippen LogP contribution in [0.2, 0.25) is 0 Å². The zero-order chi connectivity index (χ0) is 7.98. The Labute approximate surface area is 60.3 Å². The highest BCUT2D eigenvalue weighted by Gasteiger charge is 2.00. The van der Waals surface area contributed by atoms with Crippen molar-refractivity contribution in [1.29, 1.82) is 5.26 Å². The van der Waals surface area contributed by atoms with Crippen molar-refractivity contribution in [2.75, 3.05) is 13.3 Å². The molecule has 0 aromatic heterocycles. The van der Waals surface area contributed by atoms with Crippen molar-refractivity contribution in [3.63, 3.8) is 0 Å². The van der Waals surface area contributed by atoms with E-state index in [1.165, 1.54) is 6.66 Å². The predicted molar refractivity (Wildman–Crippen MR) is 37.1 cm³/mol. The van der Waals surface area contributed by atoms with Gasteiger partial charge >= 0.3 is 0 Å². The maximum atomic E-state index is 10.3. The highest BCUT2D eigenvalue weighted by Crippen LogP contribution is 2.15. The summed E-state index contributed by atoms with van der Waals surface area (Å²) in [5.41, 5.74) is 0. The number of rotatable bonds is 4. The predicted octanol–water partition coefficient (Wildman–Crippen LogP) is 0.382. The van der Waals surface area contributed by atoms with Crippen molar-refractivity contribution in [3.05, 3.63) is 0 Å². The first-order chi connectivity index (χ1) is 4.66. The molecular weight excluding hydrogens is 153 g/mol. The number of nitriles is 1. The average Bonchev–Trinajstić information content (AvgIpc) is 1.87. The summed E-state index contributed by atoms with van der Waals surface area (Å²) in [6.07, 6.45) is -0.776. The Hall–Kier alpha value is -0.360. The van der Waals surface area contributed by atoms with Gasteiger partial charge in [-0.3, -0.25) is 4.57 Å². The van der Waals surface area contributed by atoms with Crippen LogP contribution in [-0.4, -0.2) is 24.5 Å². The molecule has 0 aliphatic rings. The Bertz CT molecular complexity index is 153. The van der Waals surface area contributed by atoms with Gasteiger partial charge in [-0.1, -0.05) is 0 Å². The third-order valence-corrected chi connectivity index (χ3v) is 1.46. The van der Waals surface area contributed by atoms with Crippen LogP contribution in [0.4, 0.5) is 0 Å². The highest BCUT2D eigenvalue weighted by atomic mass is 31.1. The standard InChI is InChI=1S/C5H10NO3P/c1-10(8)9-3-2-5(7)4-6/h5,7,10H,2-3H2,1H3. The third-order valence-electron chi connectivity index (χ3n) is 0.846. The van der Waals surface area contributed by atoms with Crippen LogP contribution >= 0.6 is 8.03 Å². The summed E-state index contributed by atoms with van der Waals surface area (Å²) in [6.45, 7) is 1.65. The first kappa shape index (κ1) is 9.64. The first-order valence-corrected chi connectivity index (χ1v) is 4.69. The fourth-order valence-corrected chi connectivity index (χ4v) is 0.784. The van der Waals surface area contributed by atoms with E-state index in [0.717, 1.165) is 0 Å². The fourth-order valence-electron chi connectivity index (χ4n) is 0.379. The van der Waals surface area contributed by atoms with Gasteiger partial charge in [0, 0.05) is 13.1 Å². The van der Waals surface area contributed by atoms with Gasteiger partial charge in [-0.15, -0.1) is 0 Å². The van der Waals surface area contributed by atoms with Crippen LogP contribution in [0.1, 0.15) is 6.42 Å². The van der Waals surface area contributed by atoms with E-state index in [1.807, 2.05) is 0 Å². The molecule has 0 rings (SSSR count). The van der Waals surface area contributed by atoms with Gasteiger partial charge in [0.2, 0.25) is 0 Å². The second-order valence-electron chi connectivity index (χ2n) is 1.77. The molecule has 0 amide bonds. The maximum Gasteiger partial charge on any atom is 0.188 e. The second kappa shape index (κ2) is 5.43. The lowest BCUT2D eigenvalue weighted by atomic mass is 10.3. The third kappa shape index (κ3) is 5.77. The maximum absolute atomic E-state index is 10.3. The number of aliphatic hydroxyl groups excluding tert-OH is 1. The lowest BCUT2D eigenvalue weighted by Crippen LogP contribution is -2.05. The summed E-state index contributed by atoms with van der Waals surface area (Å²) < 4.78 is 15.0. The van der Waals surface area contributed by atoms with Gasteiger partial charge in [0.1, 0.15) is 6.10 Å². The topological polar surface area (TPSA) is 70.3 Å². The first-order valence-electron chi connectivity index (χ1n) is 2.88. The molecule has 0 fully saturated rings. The molecule has 0 aromatic carbocycles. The molecule has 0 saturated heterocycles. The fraction of sp³-hybridized carbons (Fsp3) is 0.800. The van der Waals surface area contributed by atoms with Crippen molar-refractivity contribution in [2.24, 2.45) is 0 Å². The number of aliphatic hydroxyl groups is 1. The van der Waals surface area contributed by atoms with Gasteiger partial charge < -0.3 is 9.63 Å². The average molecular weight is 163 g/mol. The molecule has 5 heteroatoms. The lowest BCUT2D eigenvalue weighted by molar-refractivity contribution is 0.188. The molecular formula is C5H10NO3P. The van der Waals surface area contributed by atoms with E-state index >= 15 is 0 Å². The van der Waals surface area contributed by atoms with Gasteiger partial charge in [0.25, 0.3) is 0 Å². The summed E-state index contributed by atoms with van der Waals surface area (Å²) in [4.78, 5) is 0. The van der Waals surface area contributed by atoms with Crippen LogP contribution in [0, 0.1) is 11.3 Å². The van der Waals surface area contributed by atoms with Crippen molar-refractivity contribution < 1.29 is 14.2 Å². The van der Waals surface area contributed by atoms with Crippen molar-refractivity contribution in [1.82, 2.24) is 0 Å². The van der Waals surface area contributed by atoms with Crippen LogP contribution in [0.5, 0.6) is 0 Å². The minimum Gasteiger partial charge on any atom is -0.378 e. The molecule has 0 aromatic rings. The lowest BCUT2D eigenvalue weighted by Gasteiger charge is -2.00. The monoisotopic (exact) mass is 163 g/mol. The van der Waals surface area contributed by atoms with E-state index in [2.05, 4.69) is 4.52 Å². The van der Waals surface area contributed by atoms with E-state index in [0.29, 0.717) is 0 Å². The Morgan fingerprint density at radius 3 is 2.90 bits per heavy atom. The van der Waals surface area contributed by atoms with E-state index in [1.54, 1.807) is 6.07 Å². The SMILES string of the molecule is C[PH](=O)OCCC(O)C#N. The van der Waals surface area contributed by atoms with E-state index in [-0.39, 0.29) is 13.0 Å². The molecule has 2 unspecified atom stereocenters. The molecule has 0 aliphatic carbocycles. The molecule has 0 spiro atoms. The van der Waals surface area contributed by atoms with Gasteiger partial charge in [-0.2, -0.15) is 5.26 Å². The molecule has 58 valence electrons. The van der Waals surface area contributed by atoms with Crippen molar-refractivity contribution in [3.8, 4) is 6.07 Å². The van der Waals surface area contributed by atoms with Gasteiger partial charge in [-0.05, 0) is 0 Å². The molecule has 2 atom stereocenters. The Morgan fingerprint density at radius 1 is 1.90 bits per heavy atom. The number of hydrogen-bond acceptors (Lipinski definition) is 4. The molecule has 0 radical (unpaired) electrons. The quantitative estimate of drug-likeness (QED) is 0.480. The summed E-state index contributed by atoms with van der Waals surface area (Å²) in [6, 6.07) is 1.62. The second-order valence-corrected chi connectivity index (χ2v) is 3.05. The van der Waals surface area contributed by atoms with Gasteiger partial charge in [-0.25, -0.2) is 0 Å². The highest BCUT2D eigenvalue weighted by molar-refractivity contribution is 7.38. The van der Waals surface area contributed by atoms with Gasteiger partial charge in [0.15, 0.2) is 8.03 Å². The van der Waals surface area contributed by atoms with Crippen LogP contribution in [0.3, 0.4) is 0 Å². The summed E-state index contributed by atoms with van der Waals surface area (Å²) in [7, 11) is -1.91. The van der Waals surface area contributed by atoms with Crippen LogP contribution < -0.4 is 0 Å². The smallest absolute Gasteiger partial charge is 0.188 e. The molecule has 0 saturated carbocycles. The Morgan fingerprint density at radius 2 is 2.50 bits per heavy atom. The molecule has 0 heterocycles. The Kier molecular flexibility index (Phi) is 5.23. The minimum atomic E-state index is -1.91. The molecule has 0 aliphatic heterocycles. The van der Waals surface area contributed by atoms with Crippen LogP contribution in [-0.2, 0) is 9.09 Å². The van der Waals surface area contributed by atoms with Crippen molar-refractivity contribution in [2.45, 2.75) is 12.5 Å². The summed E-state index contributed by atoms with van der Waals surface area (Å²) in [5.74, 6) is 0. The molecule has 4 nitrogen and oxygen atoms in total.